The Kier molecular flexibility index (Phi) is 30.7. The number of Topliss-reactive ketones (excluding diaryl/α,β-unsaturated/α-hetero) is 2. The lowest BCUT2D eigenvalue weighted by Crippen LogP contribution is -2.61. The predicted molar refractivity (Wildman–Crippen MR) is 194 cm³/mol. The van der Waals surface area contributed by atoms with Gasteiger partial charge in [0.1, 0.15) is 12.1 Å². The van der Waals surface area contributed by atoms with Gasteiger partial charge in [-0.15, -0.1) is 0 Å². The molecule has 4 N–H and O–H groups in total. The number of aliphatic hydroxyl groups excluding tert-OH is 2. The molecule has 46 heavy (non-hydrogen) atoms. The molecule has 0 saturated carbocycles. The third kappa shape index (κ3) is 21.1. The fraction of sp³-hybridized carbons (Fsp3) is 0.921. The maximum atomic E-state index is 13.6. The van der Waals surface area contributed by atoms with Gasteiger partial charge in [0.05, 0.1) is 6.61 Å². The zero-order chi connectivity index (χ0) is 34.3. The van der Waals surface area contributed by atoms with Crippen molar-refractivity contribution in [3.8, 4) is 0 Å². The van der Waals surface area contributed by atoms with E-state index in [-0.39, 0.29) is 18.6 Å². The molecule has 0 bridgehead atoms. The summed E-state index contributed by atoms with van der Waals surface area (Å²) < 4.78 is 5.47. The molecule has 0 rings (SSSR count). The highest BCUT2D eigenvalue weighted by Gasteiger charge is 2.54. The molecule has 272 valence electrons. The number of ketones is 2. The molecule has 7 nitrogen and oxygen atoms in total. The molecular formula is C38H73NO6S. The van der Waals surface area contributed by atoms with Crippen LogP contribution in [0.15, 0.2) is 0 Å². The van der Waals surface area contributed by atoms with Crippen molar-refractivity contribution < 1.29 is 29.3 Å². The second-order valence-corrected chi connectivity index (χ2v) is 13.8. The summed E-state index contributed by atoms with van der Waals surface area (Å²) in [5.74, 6) is -2.32. The zero-order valence-electron chi connectivity index (χ0n) is 29.9. The van der Waals surface area contributed by atoms with E-state index in [2.05, 4.69) is 26.5 Å². The molecule has 0 aromatic carbocycles. The molecule has 0 unspecified atom stereocenters. The first-order chi connectivity index (χ1) is 22.3. The van der Waals surface area contributed by atoms with Crippen LogP contribution in [0.2, 0.25) is 0 Å². The molecule has 0 aliphatic rings. The summed E-state index contributed by atoms with van der Waals surface area (Å²) in [7, 11) is 0. The maximum Gasteiger partial charge on any atom is 0.325 e. The van der Waals surface area contributed by atoms with Gasteiger partial charge in [-0.25, -0.2) is 0 Å². The van der Waals surface area contributed by atoms with Gasteiger partial charge >= 0.3 is 5.97 Å². The first kappa shape index (κ1) is 45.0. The Hall–Kier alpha value is -0.960. The minimum atomic E-state index is -2.43. The maximum absolute atomic E-state index is 13.6. The van der Waals surface area contributed by atoms with E-state index in [1.165, 1.54) is 116 Å². The topological polar surface area (TPSA) is 127 Å². The zero-order valence-corrected chi connectivity index (χ0v) is 30.8. The lowest BCUT2D eigenvalue weighted by molar-refractivity contribution is -0.188. The highest BCUT2D eigenvalue weighted by Crippen LogP contribution is 2.27. The van der Waals surface area contributed by atoms with Crippen molar-refractivity contribution in [2.24, 2.45) is 5.73 Å². The fourth-order valence-electron chi connectivity index (χ4n) is 6.12. The number of hydrogen-bond acceptors (Lipinski definition) is 8. The summed E-state index contributed by atoms with van der Waals surface area (Å²) in [4.78, 5) is 39.8. The molecule has 0 aliphatic carbocycles. The molecule has 0 aromatic heterocycles. The molecule has 0 heterocycles. The van der Waals surface area contributed by atoms with Crippen LogP contribution in [0.25, 0.3) is 0 Å². The van der Waals surface area contributed by atoms with Gasteiger partial charge in [0.15, 0.2) is 11.6 Å². The summed E-state index contributed by atoms with van der Waals surface area (Å²) in [6, 6.07) is -1.15. The van der Waals surface area contributed by atoms with E-state index in [1.807, 2.05) is 0 Å². The quantitative estimate of drug-likeness (QED) is 0.0229. The fourth-order valence-corrected chi connectivity index (χ4v) is 6.27. The van der Waals surface area contributed by atoms with Crippen LogP contribution < -0.4 is 5.73 Å². The van der Waals surface area contributed by atoms with Crippen molar-refractivity contribution in [1.29, 1.82) is 0 Å². The van der Waals surface area contributed by atoms with Crippen molar-refractivity contribution in [1.82, 2.24) is 0 Å². The van der Waals surface area contributed by atoms with Gasteiger partial charge in [-0.05, 0) is 12.8 Å². The second kappa shape index (κ2) is 31.3. The Balaban J connectivity index is 4.73. The van der Waals surface area contributed by atoms with Crippen molar-refractivity contribution in [2.75, 3.05) is 12.4 Å². The highest BCUT2D eigenvalue weighted by atomic mass is 32.1. The van der Waals surface area contributed by atoms with Gasteiger partial charge in [-0.3, -0.25) is 14.4 Å². The van der Waals surface area contributed by atoms with Gasteiger partial charge in [-0.2, -0.15) is 12.6 Å². The summed E-state index contributed by atoms with van der Waals surface area (Å²) >= 11 is 4.04. The van der Waals surface area contributed by atoms with E-state index in [9.17, 15) is 24.6 Å². The van der Waals surface area contributed by atoms with Gasteiger partial charge in [0.25, 0.3) is 5.60 Å². The van der Waals surface area contributed by atoms with Crippen LogP contribution >= 0.6 is 12.6 Å². The number of rotatable bonds is 35. The lowest BCUT2D eigenvalue weighted by Gasteiger charge is -2.35. The van der Waals surface area contributed by atoms with Crippen LogP contribution in [0.5, 0.6) is 0 Å². The number of aliphatic hydroxyl groups is 2. The van der Waals surface area contributed by atoms with E-state index in [0.717, 1.165) is 38.5 Å². The first-order valence-corrected chi connectivity index (χ1v) is 19.9. The van der Waals surface area contributed by atoms with Crippen LogP contribution in [0, 0.1) is 0 Å². The van der Waals surface area contributed by atoms with E-state index in [1.54, 1.807) is 0 Å². The van der Waals surface area contributed by atoms with Crippen molar-refractivity contribution in [3.05, 3.63) is 0 Å². The third-order valence-corrected chi connectivity index (χ3v) is 9.64. The van der Waals surface area contributed by atoms with Crippen molar-refractivity contribution in [3.63, 3.8) is 0 Å². The number of carbonyl (C=O) groups is 3. The SMILES string of the molecule is CCCCCCCCCCCCCCCC(=O)C(OC(=O)[C@@H](N)CS)(C(=O)CCCCCCCCCCCCCCC)[C@@H](O)CO. The van der Waals surface area contributed by atoms with Crippen LogP contribution in [0.3, 0.4) is 0 Å². The number of unbranched alkanes of at least 4 members (excludes halogenated alkanes) is 24. The number of thiol groups is 1. The number of nitrogens with two attached hydrogens (primary N) is 1. The molecular weight excluding hydrogens is 598 g/mol. The molecule has 0 aliphatic heterocycles. The Morgan fingerprint density at radius 3 is 1.13 bits per heavy atom. The standard InChI is InChI=1S/C38H73NO6S/c1-3-5-7-9-11-13-15-17-19-21-23-25-27-29-34(41)38(36(43)31-40,45-37(44)33(39)32-46)35(42)30-28-26-24-22-20-18-16-14-12-10-8-6-4-2/h33,36,40,43,46H,3-32,39H2,1-2H3/t33-,36-/m0/s1. The first-order valence-electron chi connectivity index (χ1n) is 19.3. The number of carbonyl (C=O) groups excluding carboxylic acids is 3. The summed E-state index contributed by atoms with van der Waals surface area (Å²) in [6.07, 6.45) is 28.2. The normalized spacial score (nSPS) is 13.1. The van der Waals surface area contributed by atoms with E-state index in [4.69, 9.17) is 10.5 Å². The van der Waals surface area contributed by atoms with E-state index in [0.29, 0.717) is 12.8 Å². The van der Waals surface area contributed by atoms with E-state index >= 15 is 0 Å². The number of hydrogen-bond donors (Lipinski definition) is 4. The molecule has 0 amide bonds. The van der Waals surface area contributed by atoms with Crippen LogP contribution in [-0.2, 0) is 19.1 Å². The third-order valence-electron chi connectivity index (χ3n) is 9.25. The molecule has 8 heteroatoms. The highest BCUT2D eigenvalue weighted by molar-refractivity contribution is 7.80. The summed E-state index contributed by atoms with van der Waals surface area (Å²) in [5.41, 5.74) is 3.37. The van der Waals surface area contributed by atoms with Crippen LogP contribution in [0.4, 0.5) is 0 Å². The van der Waals surface area contributed by atoms with Crippen molar-refractivity contribution in [2.45, 2.75) is 211 Å². The van der Waals surface area contributed by atoms with Gasteiger partial charge in [0, 0.05) is 18.6 Å². The largest absolute Gasteiger partial charge is 0.439 e. The average Bonchev–Trinajstić information content (AvgIpc) is 3.06. The monoisotopic (exact) mass is 672 g/mol. The second-order valence-electron chi connectivity index (χ2n) is 13.5. The van der Waals surface area contributed by atoms with Gasteiger partial charge < -0.3 is 20.7 Å². The van der Waals surface area contributed by atoms with Gasteiger partial charge in [0.2, 0.25) is 0 Å². The summed E-state index contributed by atoms with van der Waals surface area (Å²) in [5, 5.41) is 20.6. The predicted octanol–water partition coefficient (Wildman–Crippen LogP) is 8.98. The lowest BCUT2D eigenvalue weighted by atomic mass is 9.82. The van der Waals surface area contributed by atoms with Crippen molar-refractivity contribution >= 4 is 30.2 Å². The Morgan fingerprint density at radius 2 is 0.870 bits per heavy atom. The number of ether oxygens (including phenoxy) is 1. The number of esters is 1. The molecule has 2 atom stereocenters. The average molecular weight is 672 g/mol. The molecule has 0 spiro atoms. The Bertz CT molecular complexity index is 707. The molecule has 0 aromatic rings. The Labute approximate surface area is 288 Å². The Morgan fingerprint density at radius 1 is 0.587 bits per heavy atom. The minimum Gasteiger partial charge on any atom is -0.439 e. The van der Waals surface area contributed by atoms with E-state index < -0.39 is 41.9 Å². The van der Waals surface area contributed by atoms with Crippen LogP contribution in [0.1, 0.15) is 194 Å². The molecule has 0 radical (unpaired) electrons. The molecule has 0 saturated heterocycles. The van der Waals surface area contributed by atoms with Crippen LogP contribution in [-0.4, -0.2) is 57.9 Å². The molecule has 0 fully saturated rings. The van der Waals surface area contributed by atoms with Gasteiger partial charge in [-0.1, -0.05) is 168 Å². The summed E-state index contributed by atoms with van der Waals surface area (Å²) in [6.45, 7) is 3.60. The smallest absolute Gasteiger partial charge is 0.325 e. The minimum absolute atomic E-state index is 0.0114.